The van der Waals surface area contributed by atoms with Gasteiger partial charge < -0.3 is 0 Å². The molecule has 2 unspecified atom stereocenters. The number of rotatable bonds is 25. The van der Waals surface area contributed by atoms with Crippen LogP contribution in [-0.4, -0.2) is 0 Å². The van der Waals surface area contributed by atoms with Crippen LogP contribution in [-0.2, 0) is 0 Å². The van der Waals surface area contributed by atoms with Crippen molar-refractivity contribution in [1.82, 2.24) is 0 Å². The van der Waals surface area contributed by atoms with Crippen LogP contribution >= 0.6 is 0 Å². The van der Waals surface area contributed by atoms with E-state index in [-0.39, 0.29) is 0 Å². The highest BCUT2D eigenvalue weighted by Crippen LogP contribution is 2.20. The Hall–Kier alpha value is 0. The topological polar surface area (TPSA) is 0 Å². The Bertz CT molecular complexity index is 294. The Balaban J connectivity index is 3.11. The third kappa shape index (κ3) is 24.3. The number of hydrogen-bond acceptors (Lipinski definition) is 0. The van der Waals surface area contributed by atoms with E-state index >= 15 is 0 Å². The summed E-state index contributed by atoms with van der Waals surface area (Å²) in [5.41, 5.74) is 0. The summed E-state index contributed by atoms with van der Waals surface area (Å²) < 4.78 is 0. The molecule has 0 saturated heterocycles. The second kappa shape index (κ2) is 25.3. The standard InChI is InChI=1S/C30H62/c1-5-7-8-9-10-11-12-13-14-15-16-17-18-19-20-21-22-23-24-26-30(4)28-25-27-29(3)6-2/h29-30H,5-28H2,1-4H3. The molecular weight excluding hydrogens is 360 g/mol. The maximum atomic E-state index is 2.48. The molecule has 0 heteroatoms. The van der Waals surface area contributed by atoms with Gasteiger partial charge in [0.2, 0.25) is 0 Å². The molecule has 0 fully saturated rings. The van der Waals surface area contributed by atoms with E-state index in [2.05, 4.69) is 27.7 Å². The zero-order valence-corrected chi connectivity index (χ0v) is 22.1. The Morgan fingerprint density at radius 3 is 1.00 bits per heavy atom. The molecule has 0 bridgehead atoms. The van der Waals surface area contributed by atoms with Crippen LogP contribution in [0.5, 0.6) is 0 Å². The Labute approximate surface area is 193 Å². The van der Waals surface area contributed by atoms with Crippen molar-refractivity contribution in [2.45, 2.75) is 182 Å². The highest BCUT2D eigenvalue weighted by atomic mass is 14.1. The van der Waals surface area contributed by atoms with E-state index in [1.165, 1.54) is 154 Å². The maximum Gasteiger partial charge on any atom is -0.0443 e. The van der Waals surface area contributed by atoms with Crippen molar-refractivity contribution >= 4 is 0 Å². The molecular formula is C30H62. The second-order valence-electron chi connectivity index (χ2n) is 10.7. The Morgan fingerprint density at radius 2 is 0.633 bits per heavy atom. The van der Waals surface area contributed by atoms with E-state index in [1.807, 2.05) is 0 Å². The van der Waals surface area contributed by atoms with Crippen LogP contribution < -0.4 is 0 Å². The van der Waals surface area contributed by atoms with Gasteiger partial charge in [-0.2, -0.15) is 0 Å². The SMILES string of the molecule is CCCCCCCCCCCCCCCCCCCCCC(C)CCCC(C)CC. The average molecular weight is 423 g/mol. The molecule has 0 rings (SSSR count). The van der Waals surface area contributed by atoms with E-state index < -0.39 is 0 Å². The van der Waals surface area contributed by atoms with Gasteiger partial charge in [0.15, 0.2) is 0 Å². The first kappa shape index (κ1) is 30.0. The molecule has 182 valence electrons. The van der Waals surface area contributed by atoms with Crippen LogP contribution in [0.3, 0.4) is 0 Å². The van der Waals surface area contributed by atoms with E-state index in [0.29, 0.717) is 0 Å². The first-order valence-corrected chi connectivity index (χ1v) is 14.7. The minimum Gasteiger partial charge on any atom is -0.0654 e. The van der Waals surface area contributed by atoms with Gasteiger partial charge in [-0.1, -0.05) is 182 Å². The molecule has 0 aliphatic rings. The summed E-state index contributed by atoms with van der Waals surface area (Å²) in [5.74, 6) is 1.90. The lowest BCUT2D eigenvalue weighted by Gasteiger charge is -2.13. The Morgan fingerprint density at radius 1 is 0.333 bits per heavy atom. The van der Waals surface area contributed by atoms with Crippen LogP contribution in [0.4, 0.5) is 0 Å². The summed E-state index contributed by atoms with van der Waals surface area (Å²) >= 11 is 0. The lowest BCUT2D eigenvalue weighted by molar-refractivity contribution is 0.405. The summed E-state index contributed by atoms with van der Waals surface area (Å²) in [4.78, 5) is 0. The highest BCUT2D eigenvalue weighted by molar-refractivity contribution is 4.58. The third-order valence-electron chi connectivity index (χ3n) is 7.39. The van der Waals surface area contributed by atoms with E-state index in [9.17, 15) is 0 Å². The van der Waals surface area contributed by atoms with Crippen molar-refractivity contribution in [3.8, 4) is 0 Å². The van der Waals surface area contributed by atoms with Crippen LogP contribution in [0, 0.1) is 11.8 Å². The van der Waals surface area contributed by atoms with E-state index in [4.69, 9.17) is 0 Å². The minimum atomic E-state index is 0.937. The first-order chi connectivity index (χ1) is 14.7. The fourth-order valence-electron chi connectivity index (χ4n) is 4.73. The molecule has 0 aromatic heterocycles. The van der Waals surface area contributed by atoms with Crippen LogP contribution in [0.1, 0.15) is 182 Å². The van der Waals surface area contributed by atoms with Crippen molar-refractivity contribution in [3.63, 3.8) is 0 Å². The molecule has 2 atom stereocenters. The predicted molar refractivity (Wildman–Crippen MR) is 140 cm³/mol. The van der Waals surface area contributed by atoms with Crippen LogP contribution in [0.15, 0.2) is 0 Å². The molecule has 0 saturated carbocycles. The summed E-state index contributed by atoms with van der Waals surface area (Å²) in [7, 11) is 0. The minimum absolute atomic E-state index is 0.937. The van der Waals surface area contributed by atoms with Gasteiger partial charge in [0.25, 0.3) is 0 Å². The monoisotopic (exact) mass is 422 g/mol. The second-order valence-corrected chi connectivity index (χ2v) is 10.7. The molecule has 0 aromatic carbocycles. The lowest BCUT2D eigenvalue weighted by atomic mass is 9.93. The predicted octanol–water partition coefficient (Wildman–Crippen LogP) is 11.7. The summed E-state index contributed by atoms with van der Waals surface area (Å²) in [6.07, 6.45) is 35.3. The fraction of sp³-hybridized carbons (Fsp3) is 1.00. The van der Waals surface area contributed by atoms with Gasteiger partial charge in [0.1, 0.15) is 0 Å². The third-order valence-corrected chi connectivity index (χ3v) is 7.39. The molecule has 30 heavy (non-hydrogen) atoms. The molecule has 0 N–H and O–H groups in total. The molecule has 0 radical (unpaired) electrons. The molecule has 0 spiro atoms. The normalized spacial score (nSPS) is 13.6. The van der Waals surface area contributed by atoms with Crippen LogP contribution in [0.2, 0.25) is 0 Å². The highest BCUT2D eigenvalue weighted by Gasteiger charge is 2.04. The summed E-state index contributed by atoms with van der Waals surface area (Å²) in [5, 5.41) is 0. The largest absolute Gasteiger partial charge is 0.0654 e. The molecule has 0 heterocycles. The molecule has 0 aliphatic carbocycles. The van der Waals surface area contributed by atoms with E-state index in [1.54, 1.807) is 0 Å². The van der Waals surface area contributed by atoms with Gasteiger partial charge in [-0.15, -0.1) is 0 Å². The van der Waals surface area contributed by atoms with Crippen molar-refractivity contribution in [2.24, 2.45) is 11.8 Å². The van der Waals surface area contributed by atoms with Gasteiger partial charge in [0, 0.05) is 0 Å². The van der Waals surface area contributed by atoms with Gasteiger partial charge in [-0.05, 0) is 11.8 Å². The van der Waals surface area contributed by atoms with Crippen molar-refractivity contribution in [2.75, 3.05) is 0 Å². The summed E-state index contributed by atoms with van der Waals surface area (Å²) in [6, 6.07) is 0. The zero-order chi connectivity index (χ0) is 22.1. The maximum absolute atomic E-state index is 2.48. The lowest BCUT2D eigenvalue weighted by Crippen LogP contribution is -1.98. The van der Waals surface area contributed by atoms with Crippen molar-refractivity contribution < 1.29 is 0 Å². The average Bonchev–Trinajstić information content (AvgIpc) is 2.75. The van der Waals surface area contributed by atoms with Crippen molar-refractivity contribution in [3.05, 3.63) is 0 Å². The van der Waals surface area contributed by atoms with Gasteiger partial charge in [0.05, 0.1) is 0 Å². The Kier molecular flexibility index (Phi) is 25.3. The van der Waals surface area contributed by atoms with Crippen molar-refractivity contribution in [1.29, 1.82) is 0 Å². The fourth-order valence-corrected chi connectivity index (χ4v) is 4.73. The zero-order valence-electron chi connectivity index (χ0n) is 22.1. The molecule has 0 nitrogen and oxygen atoms in total. The smallest absolute Gasteiger partial charge is 0.0443 e. The van der Waals surface area contributed by atoms with Gasteiger partial charge in [-0.25, -0.2) is 0 Å². The summed E-state index contributed by atoms with van der Waals surface area (Å²) in [6.45, 7) is 9.51. The first-order valence-electron chi connectivity index (χ1n) is 14.7. The number of unbranched alkanes of at least 4 members (excludes halogenated alkanes) is 18. The van der Waals surface area contributed by atoms with Gasteiger partial charge >= 0.3 is 0 Å². The quantitative estimate of drug-likeness (QED) is 0.128. The molecule has 0 amide bonds. The van der Waals surface area contributed by atoms with Crippen LogP contribution in [0.25, 0.3) is 0 Å². The number of hydrogen-bond donors (Lipinski definition) is 0. The molecule has 0 aliphatic heterocycles. The van der Waals surface area contributed by atoms with E-state index in [0.717, 1.165) is 11.8 Å². The molecule has 0 aromatic rings. The van der Waals surface area contributed by atoms with Gasteiger partial charge in [-0.3, -0.25) is 0 Å².